The van der Waals surface area contributed by atoms with Gasteiger partial charge in [0.1, 0.15) is 23.1 Å². The first-order valence-electron chi connectivity index (χ1n) is 21.1. The molecule has 6 aromatic carbocycles. The number of unbranched alkanes of at least 4 members (excludes halogenated alkanes) is 3. The molecule has 64 heavy (non-hydrogen) atoms. The summed E-state index contributed by atoms with van der Waals surface area (Å²) < 4.78 is 58.0. The first-order valence-corrected chi connectivity index (χ1v) is 24.0. The van der Waals surface area contributed by atoms with E-state index in [2.05, 4.69) is 40.5 Å². The molecule has 0 fully saturated rings. The largest absolute Gasteiger partial charge is 0.276 e. The van der Waals surface area contributed by atoms with Crippen LogP contribution in [0.15, 0.2) is 178 Å². The van der Waals surface area contributed by atoms with Crippen LogP contribution in [0.1, 0.15) is 72.9 Å². The molecule has 0 aliphatic heterocycles. The van der Waals surface area contributed by atoms with E-state index < -0.39 is 32.1 Å². The number of hydrogen-bond donors (Lipinski definition) is 2. The lowest BCUT2D eigenvalue weighted by atomic mass is 9.95. The Labute approximate surface area is 372 Å². The van der Waals surface area contributed by atoms with Gasteiger partial charge >= 0.3 is 0 Å². The van der Waals surface area contributed by atoms with Gasteiger partial charge in [0, 0.05) is 0 Å². The van der Waals surface area contributed by atoms with Gasteiger partial charge in [-0.15, -0.1) is 10.2 Å². The number of fused-ring (bicyclic) bond motifs is 2. The molecule has 16 heteroatoms. The van der Waals surface area contributed by atoms with Crippen molar-refractivity contribution in [1.29, 1.82) is 0 Å². The van der Waals surface area contributed by atoms with Gasteiger partial charge in [-0.25, -0.2) is 19.0 Å². The van der Waals surface area contributed by atoms with Crippen molar-refractivity contribution < 1.29 is 16.8 Å². The van der Waals surface area contributed by atoms with Gasteiger partial charge in [-0.3, -0.25) is 0 Å². The third-order valence-corrected chi connectivity index (χ3v) is 13.5. The zero-order chi connectivity index (χ0) is 44.5. The third kappa shape index (κ3) is 10.1. The van der Waals surface area contributed by atoms with E-state index in [9.17, 15) is 16.8 Å². The topological polar surface area (TPSA) is 178 Å². The van der Waals surface area contributed by atoms with Gasteiger partial charge in [-0.2, -0.15) is 27.0 Å². The van der Waals surface area contributed by atoms with Crippen molar-refractivity contribution in [3.8, 4) is 0 Å². The number of aryl methyl sites for hydroxylation is 2. The Morgan fingerprint density at radius 3 is 1.23 bits per heavy atom. The SMILES string of the molecule is Cc1ccc(S(=O)(=O)NN=C(CCCCCCC(=NNS(=O)(=O)c2ccc(C)cc2)C(c2ccccc2)n2nnc3ccccc32)C(c2ccccc2)n2nnc3ccccc32)cc1. The third-order valence-electron chi connectivity index (χ3n) is 11.0. The van der Waals surface area contributed by atoms with Crippen molar-refractivity contribution in [1.82, 2.24) is 39.6 Å². The van der Waals surface area contributed by atoms with Gasteiger partial charge in [0.05, 0.1) is 32.2 Å². The zero-order valence-corrected chi connectivity index (χ0v) is 37.1. The van der Waals surface area contributed by atoms with E-state index in [1.54, 1.807) is 57.9 Å². The fraction of sp³-hybridized carbons (Fsp3) is 0.208. The number of hydrazone groups is 2. The van der Waals surface area contributed by atoms with E-state index in [0.29, 0.717) is 48.1 Å². The van der Waals surface area contributed by atoms with Gasteiger partial charge < -0.3 is 0 Å². The molecule has 8 aromatic rings. The second-order valence-corrected chi connectivity index (χ2v) is 18.9. The van der Waals surface area contributed by atoms with Crippen LogP contribution in [-0.4, -0.2) is 58.2 Å². The van der Waals surface area contributed by atoms with Gasteiger partial charge in [0.2, 0.25) is 0 Å². The molecule has 8 rings (SSSR count). The average Bonchev–Trinajstić information content (AvgIpc) is 3.94. The minimum atomic E-state index is -4.00. The molecule has 0 saturated heterocycles. The molecule has 14 nitrogen and oxygen atoms in total. The van der Waals surface area contributed by atoms with Crippen LogP contribution in [0.2, 0.25) is 0 Å². The molecule has 0 bridgehead atoms. The Morgan fingerprint density at radius 1 is 0.484 bits per heavy atom. The maximum atomic E-state index is 13.6. The Hall–Kier alpha value is -7.04. The molecule has 2 aromatic heterocycles. The lowest BCUT2D eigenvalue weighted by Gasteiger charge is -2.22. The van der Waals surface area contributed by atoms with Crippen LogP contribution in [0.25, 0.3) is 22.1 Å². The van der Waals surface area contributed by atoms with Crippen LogP contribution in [0, 0.1) is 13.8 Å². The highest BCUT2D eigenvalue weighted by molar-refractivity contribution is 7.89. The molecule has 0 aliphatic rings. The molecule has 0 saturated carbocycles. The average molecular weight is 893 g/mol. The molecular weight excluding hydrogens is 845 g/mol. The fourth-order valence-corrected chi connectivity index (χ4v) is 9.30. The van der Waals surface area contributed by atoms with E-state index in [1.165, 1.54) is 0 Å². The van der Waals surface area contributed by atoms with Crippen molar-refractivity contribution in [2.24, 2.45) is 10.2 Å². The van der Waals surface area contributed by atoms with E-state index in [0.717, 1.165) is 46.1 Å². The van der Waals surface area contributed by atoms with Gasteiger partial charge in [-0.05, 0) is 99.2 Å². The van der Waals surface area contributed by atoms with Crippen LogP contribution < -0.4 is 9.66 Å². The molecule has 2 unspecified atom stereocenters. The Balaban J connectivity index is 1.07. The quantitative estimate of drug-likeness (QED) is 0.0460. The van der Waals surface area contributed by atoms with Crippen LogP contribution >= 0.6 is 0 Å². The van der Waals surface area contributed by atoms with Crippen LogP contribution in [0.3, 0.4) is 0 Å². The highest BCUT2D eigenvalue weighted by Gasteiger charge is 2.27. The summed E-state index contributed by atoms with van der Waals surface area (Å²) >= 11 is 0. The number of benzene rings is 6. The van der Waals surface area contributed by atoms with Crippen molar-refractivity contribution >= 4 is 53.5 Å². The predicted molar refractivity (Wildman–Crippen MR) is 250 cm³/mol. The molecule has 0 aliphatic carbocycles. The monoisotopic (exact) mass is 892 g/mol. The Morgan fingerprint density at radius 2 is 0.844 bits per heavy atom. The summed E-state index contributed by atoms with van der Waals surface area (Å²) in [6.45, 7) is 3.80. The van der Waals surface area contributed by atoms with E-state index in [4.69, 9.17) is 0 Å². The van der Waals surface area contributed by atoms with Crippen LogP contribution in [-0.2, 0) is 20.0 Å². The predicted octanol–water partition coefficient (Wildman–Crippen LogP) is 8.68. The Bertz CT molecular complexity index is 2910. The number of para-hydroxylation sites is 2. The number of nitrogens with one attached hydrogen (secondary N) is 2. The maximum absolute atomic E-state index is 13.6. The van der Waals surface area contributed by atoms with Crippen molar-refractivity contribution in [2.45, 2.75) is 74.2 Å². The van der Waals surface area contributed by atoms with Gasteiger partial charge in [0.15, 0.2) is 0 Å². The van der Waals surface area contributed by atoms with E-state index in [-0.39, 0.29) is 9.79 Å². The lowest BCUT2D eigenvalue weighted by molar-refractivity contribution is 0.576. The minimum absolute atomic E-state index is 0.106. The highest BCUT2D eigenvalue weighted by Crippen LogP contribution is 2.29. The van der Waals surface area contributed by atoms with Crippen molar-refractivity contribution in [3.05, 3.63) is 180 Å². The summed E-state index contributed by atoms with van der Waals surface area (Å²) in [7, 11) is -8.01. The molecule has 2 atom stereocenters. The number of rotatable bonds is 19. The molecule has 326 valence electrons. The molecule has 0 amide bonds. The second kappa shape index (κ2) is 19.6. The number of hydrogen-bond acceptors (Lipinski definition) is 10. The number of nitrogens with zero attached hydrogens (tertiary/aromatic N) is 8. The molecule has 0 radical (unpaired) electrons. The highest BCUT2D eigenvalue weighted by atomic mass is 32.2. The van der Waals surface area contributed by atoms with Crippen LogP contribution in [0.4, 0.5) is 0 Å². The van der Waals surface area contributed by atoms with E-state index in [1.807, 2.05) is 123 Å². The summed E-state index contributed by atoms with van der Waals surface area (Å²) in [5, 5.41) is 27.3. The standard InChI is InChI=1S/C48H48N10O4S2/c1-35-27-31-39(32-28-35)63(59,60)55-51-43(47(37-17-7-5-8-18-37)57-45-25-15-13-21-41(45)49-53-57)23-11-3-4-12-24-44(52-56-64(61,62)40-33-29-36(2)30-34-40)48(38-19-9-6-10-20-38)58-46-26-16-14-22-42(46)50-54-58/h5-10,13-22,25-34,47-48,55-56H,3-4,11-12,23-24H2,1-2H3. The fourth-order valence-electron chi connectivity index (χ4n) is 7.63. The lowest BCUT2D eigenvalue weighted by Crippen LogP contribution is -2.27. The number of sulfonamides is 2. The summed E-state index contributed by atoms with van der Waals surface area (Å²) in [6, 6.07) is 46.8. The second-order valence-electron chi connectivity index (χ2n) is 15.6. The molecular formula is C48H48N10O4S2. The van der Waals surface area contributed by atoms with Crippen LogP contribution in [0.5, 0.6) is 0 Å². The summed E-state index contributed by atoms with van der Waals surface area (Å²) in [5.74, 6) is 0. The maximum Gasteiger partial charge on any atom is 0.276 e. The smallest absolute Gasteiger partial charge is 0.231 e. The van der Waals surface area contributed by atoms with Gasteiger partial charge in [-0.1, -0.05) is 144 Å². The number of aromatic nitrogens is 6. The molecule has 2 heterocycles. The van der Waals surface area contributed by atoms with Gasteiger partial charge in [0.25, 0.3) is 20.0 Å². The summed E-state index contributed by atoms with van der Waals surface area (Å²) in [6.07, 6.45) is 3.66. The van der Waals surface area contributed by atoms with E-state index >= 15 is 0 Å². The first-order chi connectivity index (χ1) is 31.1. The molecule has 0 spiro atoms. The Kier molecular flexibility index (Phi) is 13.3. The zero-order valence-electron chi connectivity index (χ0n) is 35.4. The van der Waals surface area contributed by atoms with Crippen molar-refractivity contribution in [2.75, 3.05) is 0 Å². The molecule has 2 N–H and O–H groups in total. The normalized spacial score (nSPS) is 13.5. The van der Waals surface area contributed by atoms with Crippen molar-refractivity contribution in [3.63, 3.8) is 0 Å². The summed E-state index contributed by atoms with van der Waals surface area (Å²) in [4.78, 5) is 5.27. The first kappa shape index (κ1) is 43.6. The summed E-state index contributed by atoms with van der Waals surface area (Å²) in [5.41, 5.74) is 7.71. The minimum Gasteiger partial charge on any atom is -0.231 e.